The van der Waals surface area contributed by atoms with Gasteiger partial charge < -0.3 is 11.1 Å². The molecule has 0 radical (unpaired) electrons. The number of nitrogens with zero attached hydrogens (tertiary/aromatic N) is 2. The molecule has 0 aliphatic heterocycles. The monoisotopic (exact) mass is 209 g/mol. The Morgan fingerprint density at radius 2 is 2.50 bits per heavy atom. The maximum absolute atomic E-state index is 5.16. The minimum atomic E-state index is 0.152. The van der Waals surface area contributed by atoms with Crippen LogP contribution in [-0.2, 0) is 0 Å². The summed E-state index contributed by atoms with van der Waals surface area (Å²) >= 11 is 4.56. The van der Waals surface area contributed by atoms with Gasteiger partial charge in [-0.1, -0.05) is 6.07 Å². The molecule has 0 atom stereocenters. The number of thiocarbonyl (C=S) groups is 1. The molecule has 1 aromatic heterocycles. The van der Waals surface area contributed by atoms with Crippen LogP contribution in [0, 0.1) is 0 Å². The van der Waals surface area contributed by atoms with Gasteiger partial charge in [-0.2, -0.15) is 5.10 Å². The number of anilines is 1. The van der Waals surface area contributed by atoms with Crippen LogP contribution in [0.25, 0.3) is 0 Å². The lowest BCUT2D eigenvalue weighted by Gasteiger charge is -1.99. The lowest BCUT2D eigenvalue weighted by Crippen LogP contribution is -2.24. The predicted molar refractivity (Wildman–Crippen MR) is 61.1 cm³/mol. The van der Waals surface area contributed by atoms with E-state index in [2.05, 4.69) is 33.0 Å². The van der Waals surface area contributed by atoms with Gasteiger partial charge in [0.05, 0.1) is 6.54 Å². The maximum atomic E-state index is 5.16. The van der Waals surface area contributed by atoms with Crippen molar-refractivity contribution in [3.05, 3.63) is 24.4 Å². The first-order valence-electron chi connectivity index (χ1n) is 4.01. The van der Waals surface area contributed by atoms with Crippen molar-refractivity contribution in [3.8, 4) is 0 Å². The van der Waals surface area contributed by atoms with Gasteiger partial charge in [-0.25, -0.2) is 4.98 Å². The number of aromatic nitrogens is 1. The molecule has 0 aromatic carbocycles. The zero-order chi connectivity index (χ0) is 10.2. The highest BCUT2D eigenvalue weighted by atomic mass is 32.1. The van der Waals surface area contributed by atoms with Crippen molar-refractivity contribution < 1.29 is 0 Å². The number of hydrogen-bond acceptors (Lipinski definition) is 4. The summed E-state index contributed by atoms with van der Waals surface area (Å²) in [6.07, 6.45) is 3.33. The topological polar surface area (TPSA) is 75.3 Å². The highest BCUT2D eigenvalue weighted by Crippen LogP contribution is 1.97. The van der Waals surface area contributed by atoms with E-state index in [1.54, 1.807) is 12.4 Å². The lowest BCUT2D eigenvalue weighted by atomic mass is 10.4. The Hall–Kier alpha value is -1.69. The predicted octanol–water partition coefficient (Wildman–Crippen LogP) is 0.312. The second kappa shape index (κ2) is 5.87. The van der Waals surface area contributed by atoms with E-state index < -0.39 is 0 Å². The molecule has 1 heterocycles. The van der Waals surface area contributed by atoms with Crippen molar-refractivity contribution >= 4 is 29.4 Å². The van der Waals surface area contributed by atoms with E-state index in [0.29, 0.717) is 6.54 Å². The molecule has 74 valence electrons. The molecule has 0 aliphatic carbocycles. The van der Waals surface area contributed by atoms with Gasteiger partial charge in [0, 0.05) is 12.4 Å². The van der Waals surface area contributed by atoms with Crippen LogP contribution in [0.2, 0.25) is 0 Å². The highest BCUT2D eigenvalue weighted by molar-refractivity contribution is 7.80. The van der Waals surface area contributed by atoms with Crippen LogP contribution in [0.4, 0.5) is 5.82 Å². The molecular formula is C8H11N5S. The molecule has 14 heavy (non-hydrogen) atoms. The van der Waals surface area contributed by atoms with Crippen molar-refractivity contribution in [2.24, 2.45) is 10.8 Å². The zero-order valence-corrected chi connectivity index (χ0v) is 8.29. The molecule has 5 nitrogen and oxygen atoms in total. The standard InChI is InChI=1S/C8H11N5S/c9-8(14)13-12-6-5-11-7-3-1-2-4-10-7/h1-4,6H,5H2,(H,10,11)(H3,9,13,14)/b12-6+. The lowest BCUT2D eigenvalue weighted by molar-refractivity contribution is 1.03. The molecule has 0 saturated carbocycles. The Kier molecular flexibility index (Phi) is 4.36. The number of nitrogens with two attached hydrogens (primary N) is 1. The van der Waals surface area contributed by atoms with Gasteiger partial charge in [-0.05, 0) is 24.4 Å². The SMILES string of the molecule is NC(=S)N/N=C/CNc1ccccn1. The first kappa shape index (κ1) is 10.4. The van der Waals surface area contributed by atoms with Gasteiger partial charge in [-0.15, -0.1) is 0 Å². The van der Waals surface area contributed by atoms with Gasteiger partial charge in [0.2, 0.25) is 0 Å². The fourth-order valence-electron chi connectivity index (χ4n) is 0.772. The molecule has 0 unspecified atom stereocenters. The highest BCUT2D eigenvalue weighted by Gasteiger charge is 1.86. The molecule has 0 fully saturated rings. The van der Waals surface area contributed by atoms with Crippen LogP contribution in [0.3, 0.4) is 0 Å². The summed E-state index contributed by atoms with van der Waals surface area (Å²) in [5.41, 5.74) is 7.61. The van der Waals surface area contributed by atoms with Crippen molar-refractivity contribution in [2.45, 2.75) is 0 Å². The average Bonchev–Trinajstić information content (AvgIpc) is 2.18. The second-order valence-corrected chi connectivity index (χ2v) is 2.82. The normalized spacial score (nSPS) is 10.0. The Bertz CT molecular complexity index is 311. The van der Waals surface area contributed by atoms with Crippen LogP contribution < -0.4 is 16.5 Å². The third-order valence-corrected chi connectivity index (χ3v) is 1.40. The smallest absolute Gasteiger partial charge is 0.184 e. The van der Waals surface area contributed by atoms with Crippen molar-refractivity contribution in [1.82, 2.24) is 10.4 Å². The van der Waals surface area contributed by atoms with Crippen LogP contribution in [0.1, 0.15) is 0 Å². The molecule has 0 aliphatic rings. The maximum Gasteiger partial charge on any atom is 0.184 e. The van der Waals surface area contributed by atoms with E-state index in [9.17, 15) is 0 Å². The van der Waals surface area contributed by atoms with Crippen molar-refractivity contribution in [1.29, 1.82) is 0 Å². The fourth-order valence-corrected chi connectivity index (χ4v) is 0.825. The third-order valence-electron chi connectivity index (χ3n) is 1.31. The Balaban J connectivity index is 2.22. The van der Waals surface area contributed by atoms with Gasteiger partial charge in [0.15, 0.2) is 5.11 Å². The number of nitrogens with one attached hydrogen (secondary N) is 2. The first-order valence-corrected chi connectivity index (χ1v) is 4.42. The molecule has 0 spiro atoms. The number of pyridine rings is 1. The molecule has 1 rings (SSSR count). The zero-order valence-electron chi connectivity index (χ0n) is 7.47. The quantitative estimate of drug-likeness (QED) is 0.378. The Labute approximate surface area is 87.4 Å². The van der Waals surface area contributed by atoms with E-state index in [1.807, 2.05) is 18.2 Å². The van der Waals surface area contributed by atoms with Gasteiger partial charge in [-0.3, -0.25) is 5.43 Å². The van der Waals surface area contributed by atoms with Gasteiger partial charge in [0.1, 0.15) is 5.82 Å². The van der Waals surface area contributed by atoms with E-state index in [1.165, 1.54) is 0 Å². The van der Waals surface area contributed by atoms with Crippen LogP contribution >= 0.6 is 12.2 Å². The van der Waals surface area contributed by atoms with E-state index in [-0.39, 0.29) is 5.11 Å². The summed E-state index contributed by atoms with van der Waals surface area (Å²) in [5.74, 6) is 0.800. The van der Waals surface area contributed by atoms with Crippen LogP contribution in [0.5, 0.6) is 0 Å². The van der Waals surface area contributed by atoms with E-state index in [4.69, 9.17) is 5.73 Å². The van der Waals surface area contributed by atoms with Crippen LogP contribution in [-0.4, -0.2) is 22.9 Å². The summed E-state index contributed by atoms with van der Waals surface area (Å²) in [7, 11) is 0. The average molecular weight is 209 g/mol. The molecule has 0 bridgehead atoms. The largest absolute Gasteiger partial charge is 0.375 e. The summed E-state index contributed by atoms with van der Waals surface area (Å²) in [6, 6.07) is 5.63. The van der Waals surface area contributed by atoms with Crippen molar-refractivity contribution in [2.75, 3.05) is 11.9 Å². The summed E-state index contributed by atoms with van der Waals surface area (Å²) in [5, 5.41) is 6.94. The minimum absolute atomic E-state index is 0.152. The van der Waals surface area contributed by atoms with Crippen molar-refractivity contribution in [3.63, 3.8) is 0 Å². The van der Waals surface area contributed by atoms with Gasteiger partial charge >= 0.3 is 0 Å². The van der Waals surface area contributed by atoms with E-state index >= 15 is 0 Å². The molecule has 1 aromatic rings. The van der Waals surface area contributed by atoms with Gasteiger partial charge in [0.25, 0.3) is 0 Å². The number of hydrazone groups is 1. The van der Waals surface area contributed by atoms with E-state index in [0.717, 1.165) is 5.82 Å². The summed E-state index contributed by atoms with van der Waals surface area (Å²) < 4.78 is 0. The minimum Gasteiger partial charge on any atom is -0.375 e. The molecule has 0 amide bonds. The summed E-state index contributed by atoms with van der Waals surface area (Å²) in [4.78, 5) is 4.07. The molecule has 6 heteroatoms. The molecule has 4 N–H and O–H groups in total. The molecular weight excluding hydrogens is 198 g/mol. The summed E-state index contributed by atoms with van der Waals surface area (Å²) in [6.45, 7) is 0.562. The van der Waals surface area contributed by atoms with Crippen LogP contribution in [0.15, 0.2) is 29.5 Å². The fraction of sp³-hybridized carbons (Fsp3) is 0.125. The Morgan fingerprint density at radius 1 is 1.64 bits per heavy atom. The molecule has 0 saturated heterocycles. The second-order valence-electron chi connectivity index (χ2n) is 2.38. The third kappa shape index (κ3) is 4.36. The number of rotatable bonds is 4. The first-order chi connectivity index (χ1) is 6.79. The Morgan fingerprint density at radius 3 is 3.14 bits per heavy atom. The number of hydrogen-bond donors (Lipinski definition) is 3.